The summed E-state index contributed by atoms with van der Waals surface area (Å²) in [7, 11) is 0. The van der Waals surface area contributed by atoms with Crippen LogP contribution >= 0.6 is 40.0 Å². The minimum absolute atomic E-state index is 0.444. The Morgan fingerprint density at radius 2 is 1.98 bits per heavy atom. The fourth-order valence-corrected chi connectivity index (χ4v) is 6.33. The number of benzene rings is 2. The molecule has 0 radical (unpaired) electrons. The summed E-state index contributed by atoms with van der Waals surface area (Å²) in [6, 6.07) is 15.8. The van der Waals surface area contributed by atoms with E-state index >= 15 is 0 Å². The van der Waals surface area contributed by atoms with Crippen molar-refractivity contribution in [3.8, 4) is 5.69 Å². The van der Waals surface area contributed by atoms with Crippen LogP contribution in [0, 0.1) is 10.8 Å². The number of nitrogens with zero attached hydrogens (tertiary/aromatic N) is 3. The normalized spacial score (nSPS) is 13.3. The van der Waals surface area contributed by atoms with E-state index in [1.54, 1.807) is 6.20 Å². The molecule has 42 heavy (non-hydrogen) atoms. The van der Waals surface area contributed by atoms with Gasteiger partial charge in [-0.3, -0.25) is 4.98 Å². The second-order valence-electron chi connectivity index (χ2n) is 9.96. The number of unbranched alkanes of at least 4 members (excludes halogenated alkanes) is 2. The average Bonchev–Trinajstić information content (AvgIpc) is 3.34. The van der Waals surface area contributed by atoms with E-state index in [9.17, 15) is 0 Å². The average molecular weight is 711 g/mol. The number of hydrogen-bond acceptors (Lipinski definition) is 7. The van der Waals surface area contributed by atoms with E-state index < -0.39 is 0 Å². The first-order chi connectivity index (χ1) is 20.6. The van der Waals surface area contributed by atoms with E-state index in [0.717, 1.165) is 66.0 Å². The van der Waals surface area contributed by atoms with Crippen molar-refractivity contribution in [2.75, 3.05) is 15.7 Å². The highest BCUT2D eigenvalue weighted by molar-refractivity contribution is 14.2. The van der Waals surface area contributed by atoms with Gasteiger partial charge in [0.15, 0.2) is 5.82 Å². The second-order valence-corrected chi connectivity index (χ2v) is 12.4. The SMILES string of the molecule is CCCC/C=C(\C=N)C(Nc1cccc(-n2nc(Nc3ccc(NPI)c(C=N)c3Cl)c3ncccc32)c1)=C1CCC1. The number of anilines is 4. The molecule has 2 aromatic carbocycles. The van der Waals surface area contributed by atoms with E-state index in [0.29, 0.717) is 34.0 Å². The lowest BCUT2D eigenvalue weighted by Gasteiger charge is -2.24. The van der Waals surface area contributed by atoms with Crippen LogP contribution in [-0.2, 0) is 0 Å². The Balaban J connectivity index is 1.49. The van der Waals surface area contributed by atoms with Crippen molar-refractivity contribution in [2.24, 2.45) is 0 Å². The van der Waals surface area contributed by atoms with E-state index in [1.165, 1.54) is 24.4 Å². The van der Waals surface area contributed by atoms with Crippen LogP contribution < -0.4 is 15.7 Å². The molecule has 2 heterocycles. The highest BCUT2D eigenvalue weighted by Gasteiger charge is 2.19. The van der Waals surface area contributed by atoms with Gasteiger partial charge in [0.05, 0.1) is 21.9 Å². The summed E-state index contributed by atoms with van der Waals surface area (Å²) < 4.78 is 1.87. The van der Waals surface area contributed by atoms with Crippen molar-refractivity contribution in [1.29, 1.82) is 10.8 Å². The summed E-state index contributed by atoms with van der Waals surface area (Å²) in [4.78, 5) is 4.62. The van der Waals surface area contributed by atoms with Crippen LogP contribution in [0.2, 0.25) is 5.02 Å². The Hall–Kier alpha value is -3.27. The van der Waals surface area contributed by atoms with Crippen molar-refractivity contribution in [2.45, 2.75) is 45.4 Å². The van der Waals surface area contributed by atoms with Gasteiger partial charge in [-0.15, -0.1) is 5.10 Å². The number of rotatable bonds is 13. The number of halogens is 2. The molecule has 0 spiro atoms. The van der Waals surface area contributed by atoms with Crippen LogP contribution in [0.3, 0.4) is 0 Å². The third kappa shape index (κ3) is 6.53. The molecule has 216 valence electrons. The van der Waals surface area contributed by atoms with Crippen LogP contribution in [0.4, 0.5) is 22.9 Å². The molecule has 0 saturated heterocycles. The Bertz CT molecular complexity index is 1670. The van der Waals surface area contributed by atoms with Gasteiger partial charge in [0, 0.05) is 53.2 Å². The molecule has 1 unspecified atom stereocenters. The molecular weight excluding hydrogens is 678 g/mol. The number of pyridine rings is 1. The first-order valence-corrected chi connectivity index (χ1v) is 18.4. The molecule has 1 saturated carbocycles. The molecule has 8 nitrogen and oxygen atoms in total. The largest absolute Gasteiger partial charge is 0.358 e. The zero-order valence-electron chi connectivity index (χ0n) is 23.3. The van der Waals surface area contributed by atoms with Gasteiger partial charge in [-0.1, -0.05) is 43.5 Å². The lowest BCUT2D eigenvalue weighted by Crippen LogP contribution is -2.12. The molecule has 0 amide bonds. The predicted octanol–water partition coefficient (Wildman–Crippen LogP) is 9.79. The van der Waals surface area contributed by atoms with Gasteiger partial charge < -0.3 is 26.5 Å². The summed E-state index contributed by atoms with van der Waals surface area (Å²) in [6.07, 6.45) is 13.6. The van der Waals surface area contributed by atoms with Gasteiger partial charge in [-0.05, 0) is 95.8 Å². The Kier molecular flexibility index (Phi) is 10.3. The molecule has 1 aliphatic rings. The Labute approximate surface area is 265 Å². The third-order valence-corrected chi connectivity index (χ3v) is 8.81. The summed E-state index contributed by atoms with van der Waals surface area (Å²) in [5, 5.41) is 31.6. The quantitative estimate of drug-likeness (QED) is 0.0410. The van der Waals surface area contributed by atoms with Crippen LogP contribution in [-0.4, -0.2) is 27.2 Å². The second kappa shape index (κ2) is 14.3. The molecule has 4 aromatic rings. The first kappa shape index (κ1) is 30.2. The molecule has 0 bridgehead atoms. The van der Waals surface area contributed by atoms with Crippen molar-refractivity contribution < 1.29 is 0 Å². The Morgan fingerprint density at radius 3 is 2.69 bits per heavy atom. The van der Waals surface area contributed by atoms with Crippen LogP contribution in [0.5, 0.6) is 0 Å². The fraction of sp³-hybridized carbons (Fsp3) is 0.226. The molecule has 1 atom stereocenters. The molecule has 1 fully saturated rings. The van der Waals surface area contributed by atoms with Crippen molar-refractivity contribution in [3.63, 3.8) is 0 Å². The number of hydrogen-bond donors (Lipinski definition) is 5. The third-order valence-electron chi connectivity index (χ3n) is 7.23. The van der Waals surface area contributed by atoms with Crippen LogP contribution in [0.15, 0.2) is 77.6 Å². The fourth-order valence-electron chi connectivity index (χ4n) is 4.87. The molecule has 11 heteroatoms. The van der Waals surface area contributed by atoms with Crippen molar-refractivity contribution in [1.82, 2.24) is 14.8 Å². The number of allylic oxidation sites excluding steroid dienone is 3. The monoisotopic (exact) mass is 710 g/mol. The Morgan fingerprint density at radius 1 is 1.14 bits per heavy atom. The summed E-state index contributed by atoms with van der Waals surface area (Å²) in [6.45, 7) is 2.19. The van der Waals surface area contributed by atoms with Gasteiger partial charge in [0.1, 0.15) is 5.52 Å². The highest BCUT2D eigenvalue weighted by atomic mass is 127. The van der Waals surface area contributed by atoms with Crippen molar-refractivity contribution in [3.05, 3.63) is 88.2 Å². The van der Waals surface area contributed by atoms with E-state index in [-0.39, 0.29) is 0 Å². The van der Waals surface area contributed by atoms with E-state index in [2.05, 4.69) is 61.8 Å². The number of fused-ring (bicyclic) bond motifs is 1. The number of nitrogens with one attached hydrogen (secondary N) is 5. The molecule has 0 aliphatic heterocycles. The number of aromatic nitrogens is 3. The predicted molar refractivity (Wildman–Crippen MR) is 188 cm³/mol. The minimum Gasteiger partial charge on any atom is -0.358 e. The van der Waals surface area contributed by atoms with Crippen molar-refractivity contribution >= 4 is 86.4 Å². The maximum Gasteiger partial charge on any atom is 0.179 e. The summed E-state index contributed by atoms with van der Waals surface area (Å²) >= 11 is 8.97. The van der Waals surface area contributed by atoms with Crippen LogP contribution in [0.1, 0.15) is 51.0 Å². The maximum atomic E-state index is 8.10. The van der Waals surface area contributed by atoms with Gasteiger partial charge in [0.25, 0.3) is 0 Å². The van der Waals surface area contributed by atoms with Crippen LogP contribution in [0.25, 0.3) is 16.7 Å². The van der Waals surface area contributed by atoms with Gasteiger partial charge in [0.2, 0.25) is 0 Å². The highest BCUT2D eigenvalue weighted by Crippen LogP contribution is 2.37. The standard InChI is InChI=1S/C31H33ClIN8P/c1-2-3-4-8-21(18-34)29(20-9-5-10-20)37-22-11-6-12-23(17-22)41-27-13-7-16-36-30(27)31(39-41)38-26-15-14-25(40-42-33)24(19-35)28(26)32/h6-8,11-19,34-35,37,40,42H,2-5,9-10H2,1H3,(H,38,39)/b21-8+,34-18?,35-19?. The summed E-state index contributed by atoms with van der Waals surface area (Å²) in [5.74, 6) is 0.570. The maximum absolute atomic E-state index is 8.10. The minimum atomic E-state index is 0.444. The molecule has 2 aromatic heterocycles. The van der Waals surface area contributed by atoms with Gasteiger partial charge >= 0.3 is 0 Å². The molecule has 5 N–H and O–H groups in total. The molecule has 1 aliphatic carbocycles. The van der Waals surface area contributed by atoms with Gasteiger partial charge in [-0.25, -0.2) is 4.68 Å². The molecule has 5 rings (SSSR count). The topological polar surface area (TPSA) is 115 Å². The molecular formula is C31H33ClIN8P. The van der Waals surface area contributed by atoms with E-state index in [4.69, 9.17) is 27.5 Å². The van der Waals surface area contributed by atoms with E-state index in [1.807, 2.05) is 47.1 Å². The zero-order chi connectivity index (χ0) is 29.5. The summed E-state index contributed by atoms with van der Waals surface area (Å²) in [5.41, 5.74) is 8.82. The lowest BCUT2D eigenvalue weighted by atomic mass is 9.88. The lowest BCUT2D eigenvalue weighted by molar-refractivity contribution is 0.654. The van der Waals surface area contributed by atoms with Gasteiger partial charge in [-0.2, -0.15) is 0 Å². The zero-order valence-corrected chi connectivity index (χ0v) is 27.2. The first-order valence-electron chi connectivity index (χ1n) is 13.9. The smallest absolute Gasteiger partial charge is 0.179 e.